The number of amides is 1. The Morgan fingerprint density at radius 3 is 2.42 bits per heavy atom. The van der Waals surface area contributed by atoms with Gasteiger partial charge in [0.2, 0.25) is 0 Å². The SMILES string of the molecule is Cc1nc(NCc2ccc(C(=O)NC(C)c3ccccc3)cc2)c2c(C)c(C)sc2n1. The standard InChI is InChI=1S/C25H26N4OS/c1-15-17(3)31-25-22(15)23(28-18(4)29-25)26-14-19-10-12-21(13-11-19)24(30)27-16(2)20-8-6-5-7-9-20/h5-13,16H,14H2,1-4H3,(H,27,30)(H,26,28,29). The predicted molar refractivity (Wildman–Crippen MR) is 128 cm³/mol. The predicted octanol–water partition coefficient (Wildman–Crippen LogP) is 5.72. The first-order chi connectivity index (χ1) is 14.9. The van der Waals surface area contributed by atoms with Crippen LogP contribution in [0.25, 0.3) is 10.2 Å². The number of rotatable bonds is 6. The summed E-state index contributed by atoms with van der Waals surface area (Å²) >= 11 is 1.70. The second-order valence-electron chi connectivity index (χ2n) is 7.74. The van der Waals surface area contributed by atoms with Gasteiger partial charge in [-0.2, -0.15) is 0 Å². The van der Waals surface area contributed by atoms with Crippen molar-refractivity contribution in [3.63, 3.8) is 0 Å². The molecule has 2 heterocycles. The first kappa shape index (κ1) is 21.0. The summed E-state index contributed by atoms with van der Waals surface area (Å²) in [6.45, 7) is 8.76. The number of carbonyl (C=O) groups is 1. The molecule has 2 aromatic carbocycles. The lowest BCUT2D eigenvalue weighted by Gasteiger charge is -2.14. The summed E-state index contributed by atoms with van der Waals surface area (Å²) in [6, 6.07) is 17.6. The van der Waals surface area contributed by atoms with E-state index in [1.54, 1.807) is 11.3 Å². The van der Waals surface area contributed by atoms with E-state index in [-0.39, 0.29) is 11.9 Å². The van der Waals surface area contributed by atoms with Gasteiger partial charge in [0.05, 0.1) is 11.4 Å². The molecule has 5 nitrogen and oxygen atoms in total. The van der Waals surface area contributed by atoms with Crippen LogP contribution in [0.15, 0.2) is 54.6 Å². The van der Waals surface area contributed by atoms with E-state index in [1.807, 2.05) is 68.4 Å². The van der Waals surface area contributed by atoms with Crippen LogP contribution in [-0.2, 0) is 6.54 Å². The lowest BCUT2D eigenvalue weighted by Crippen LogP contribution is -2.26. The zero-order chi connectivity index (χ0) is 22.0. The van der Waals surface area contributed by atoms with Crippen LogP contribution in [0, 0.1) is 20.8 Å². The Labute approximate surface area is 186 Å². The first-order valence-electron chi connectivity index (χ1n) is 10.4. The number of carbonyl (C=O) groups excluding carboxylic acids is 1. The number of nitrogens with one attached hydrogen (secondary N) is 2. The molecule has 1 atom stereocenters. The van der Waals surface area contributed by atoms with E-state index in [1.165, 1.54) is 10.4 Å². The van der Waals surface area contributed by atoms with Crippen molar-refractivity contribution in [2.45, 2.75) is 40.3 Å². The molecular formula is C25H26N4OS. The van der Waals surface area contributed by atoms with Gasteiger partial charge in [0.1, 0.15) is 16.5 Å². The summed E-state index contributed by atoms with van der Waals surface area (Å²) in [5.41, 5.74) is 4.04. The van der Waals surface area contributed by atoms with Gasteiger partial charge < -0.3 is 10.6 Å². The van der Waals surface area contributed by atoms with E-state index < -0.39 is 0 Å². The molecule has 0 spiro atoms. The molecule has 31 heavy (non-hydrogen) atoms. The monoisotopic (exact) mass is 430 g/mol. The second kappa shape index (κ2) is 8.86. The van der Waals surface area contributed by atoms with Gasteiger partial charge >= 0.3 is 0 Å². The normalized spacial score (nSPS) is 12.0. The Balaban J connectivity index is 1.44. The molecule has 0 saturated heterocycles. The first-order valence-corrected chi connectivity index (χ1v) is 11.2. The van der Waals surface area contributed by atoms with Gasteiger partial charge in [-0.25, -0.2) is 9.97 Å². The average Bonchev–Trinajstić information content (AvgIpc) is 3.06. The fraction of sp³-hybridized carbons (Fsp3) is 0.240. The number of aryl methyl sites for hydroxylation is 3. The number of thiophene rings is 1. The quantitative estimate of drug-likeness (QED) is 0.411. The fourth-order valence-corrected chi connectivity index (χ4v) is 4.62. The fourth-order valence-electron chi connectivity index (χ4n) is 3.55. The Bertz CT molecular complexity index is 1220. The number of nitrogens with zero attached hydrogens (tertiary/aromatic N) is 2. The third-order valence-corrected chi connectivity index (χ3v) is 6.56. The van der Waals surface area contributed by atoms with Crippen LogP contribution in [0.2, 0.25) is 0 Å². The molecule has 1 amide bonds. The Morgan fingerprint density at radius 2 is 1.71 bits per heavy atom. The summed E-state index contributed by atoms with van der Waals surface area (Å²) in [5.74, 6) is 1.55. The summed E-state index contributed by atoms with van der Waals surface area (Å²) < 4.78 is 0. The van der Waals surface area contributed by atoms with Crippen LogP contribution < -0.4 is 10.6 Å². The van der Waals surface area contributed by atoms with Crippen molar-refractivity contribution < 1.29 is 4.79 Å². The zero-order valence-electron chi connectivity index (χ0n) is 18.2. The van der Waals surface area contributed by atoms with E-state index in [4.69, 9.17) is 0 Å². The molecule has 0 aliphatic heterocycles. The number of fused-ring (bicyclic) bond motifs is 1. The Hall–Kier alpha value is -3.25. The van der Waals surface area contributed by atoms with Gasteiger partial charge in [-0.1, -0.05) is 42.5 Å². The largest absolute Gasteiger partial charge is 0.365 e. The molecule has 158 valence electrons. The van der Waals surface area contributed by atoms with E-state index in [9.17, 15) is 4.79 Å². The highest BCUT2D eigenvalue weighted by Gasteiger charge is 2.14. The highest BCUT2D eigenvalue weighted by atomic mass is 32.1. The zero-order valence-corrected chi connectivity index (χ0v) is 19.0. The molecule has 2 N–H and O–H groups in total. The average molecular weight is 431 g/mol. The summed E-state index contributed by atoms with van der Waals surface area (Å²) in [4.78, 5) is 24.1. The molecule has 4 rings (SSSR count). The minimum atomic E-state index is -0.0756. The number of anilines is 1. The van der Waals surface area contributed by atoms with Crippen molar-refractivity contribution >= 4 is 33.3 Å². The summed E-state index contributed by atoms with van der Waals surface area (Å²) in [5, 5.41) is 7.61. The van der Waals surface area contributed by atoms with Crippen molar-refractivity contribution in [2.24, 2.45) is 0 Å². The van der Waals surface area contributed by atoms with Crippen LogP contribution in [0.5, 0.6) is 0 Å². The van der Waals surface area contributed by atoms with E-state index in [0.29, 0.717) is 12.1 Å². The van der Waals surface area contributed by atoms with Crippen LogP contribution in [0.3, 0.4) is 0 Å². The van der Waals surface area contributed by atoms with Gasteiger partial charge in [-0.3, -0.25) is 4.79 Å². The number of hydrogen-bond donors (Lipinski definition) is 2. The maximum atomic E-state index is 12.6. The van der Waals surface area contributed by atoms with Crippen molar-refractivity contribution in [1.82, 2.24) is 15.3 Å². The number of hydrogen-bond acceptors (Lipinski definition) is 5. The van der Waals surface area contributed by atoms with Gasteiger partial charge in [-0.05, 0) is 56.5 Å². The maximum Gasteiger partial charge on any atom is 0.251 e. The maximum absolute atomic E-state index is 12.6. The van der Waals surface area contributed by atoms with Gasteiger partial charge in [0.25, 0.3) is 5.91 Å². The summed E-state index contributed by atoms with van der Waals surface area (Å²) in [7, 11) is 0. The van der Waals surface area contributed by atoms with Crippen LogP contribution in [-0.4, -0.2) is 15.9 Å². The molecule has 0 bridgehead atoms. The third-order valence-electron chi connectivity index (χ3n) is 5.46. The molecule has 1 unspecified atom stereocenters. The molecule has 4 aromatic rings. The molecule has 0 saturated carbocycles. The second-order valence-corrected chi connectivity index (χ2v) is 8.94. The Morgan fingerprint density at radius 1 is 1.00 bits per heavy atom. The smallest absolute Gasteiger partial charge is 0.251 e. The molecule has 0 aliphatic carbocycles. The molecule has 0 radical (unpaired) electrons. The van der Waals surface area contributed by atoms with E-state index in [2.05, 4.69) is 34.4 Å². The van der Waals surface area contributed by atoms with Crippen molar-refractivity contribution in [1.29, 1.82) is 0 Å². The minimum absolute atomic E-state index is 0.0456. The van der Waals surface area contributed by atoms with Crippen LogP contribution in [0.4, 0.5) is 5.82 Å². The van der Waals surface area contributed by atoms with Gasteiger partial charge in [0.15, 0.2) is 0 Å². The topological polar surface area (TPSA) is 66.9 Å². The highest BCUT2D eigenvalue weighted by molar-refractivity contribution is 7.18. The third kappa shape index (κ3) is 4.59. The van der Waals surface area contributed by atoms with Crippen LogP contribution >= 0.6 is 11.3 Å². The minimum Gasteiger partial charge on any atom is -0.365 e. The van der Waals surface area contributed by atoms with E-state index >= 15 is 0 Å². The molecule has 0 fully saturated rings. The number of aromatic nitrogens is 2. The van der Waals surface area contributed by atoms with Crippen LogP contribution in [0.1, 0.15) is 50.7 Å². The molecule has 0 aliphatic rings. The molecule has 6 heteroatoms. The lowest BCUT2D eigenvalue weighted by molar-refractivity contribution is 0.0940. The van der Waals surface area contributed by atoms with Crippen molar-refractivity contribution in [3.8, 4) is 0 Å². The Kier molecular flexibility index (Phi) is 6.00. The molecule has 2 aromatic heterocycles. The highest BCUT2D eigenvalue weighted by Crippen LogP contribution is 2.33. The molecular weight excluding hydrogens is 404 g/mol. The van der Waals surface area contributed by atoms with Gasteiger partial charge in [0, 0.05) is 17.0 Å². The lowest BCUT2D eigenvalue weighted by atomic mass is 10.1. The van der Waals surface area contributed by atoms with Crippen molar-refractivity contribution in [2.75, 3.05) is 5.32 Å². The number of benzene rings is 2. The summed E-state index contributed by atoms with van der Waals surface area (Å²) in [6.07, 6.45) is 0. The van der Waals surface area contributed by atoms with Gasteiger partial charge in [-0.15, -0.1) is 11.3 Å². The van der Waals surface area contributed by atoms with E-state index in [0.717, 1.165) is 33.0 Å². The van der Waals surface area contributed by atoms with Crippen molar-refractivity contribution in [3.05, 3.63) is 87.6 Å².